The Labute approximate surface area is 162 Å². The third-order valence-corrected chi connectivity index (χ3v) is 4.78. The molecule has 1 atom stereocenters. The summed E-state index contributed by atoms with van der Waals surface area (Å²) in [5, 5.41) is 16.8. The highest BCUT2D eigenvalue weighted by Gasteiger charge is 2.33. The van der Waals surface area contributed by atoms with E-state index in [0.717, 1.165) is 16.7 Å². The first-order chi connectivity index (χ1) is 13.5. The van der Waals surface area contributed by atoms with E-state index >= 15 is 0 Å². The molecule has 1 unspecified atom stereocenters. The van der Waals surface area contributed by atoms with E-state index in [1.165, 1.54) is 0 Å². The minimum Gasteiger partial charge on any atom is -0.366 e. The van der Waals surface area contributed by atoms with Gasteiger partial charge in [0.25, 0.3) is 0 Å². The number of rotatable bonds is 3. The molecule has 0 fully saturated rings. The molecule has 7 heteroatoms. The van der Waals surface area contributed by atoms with Crippen molar-refractivity contribution in [2.75, 3.05) is 5.32 Å². The maximum atomic E-state index is 12.2. The van der Waals surface area contributed by atoms with Gasteiger partial charge in [0, 0.05) is 11.3 Å². The number of primary amides is 1. The minimum absolute atomic E-state index is 0.414. The molecular weight excluding hydrogens is 352 g/mol. The van der Waals surface area contributed by atoms with Gasteiger partial charge in [-0.1, -0.05) is 42.0 Å². The summed E-state index contributed by atoms with van der Waals surface area (Å²) < 4.78 is 1.67. The van der Waals surface area contributed by atoms with Gasteiger partial charge >= 0.3 is 0 Å². The number of hydrogen-bond donors (Lipinski definition) is 2. The fraction of sp³-hybridized carbons (Fsp3) is 0.143. The number of nitrogens with zero attached hydrogens (tertiary/aromatic N) is 4. The lowest BCUT2D eigenvalue weighted by atomic mass is 9.95. The molecule has 7 nitrogen and oxygen atoms in total. The van der Waals surface area contributed by atoms with Gasteiger partial charge in [-0.15, -0.1) is 5.10 Å². The average Bonchev–Trinajstić information content (AvgIpc) is 3.10. The molecule has 1 aliphatic heterocycles. The van der Waals surface area contributed by atoms with Crippen molar-refractivity contribution >= 4 is 11.9 Å². The van der Waals surface area contributed by atoms with Gasteiger partial charge < -0.3 is 11.1 Å². The zero-order valence-electron chi connectivity index (χ0n) is 15.5. The summed E-state index contributed by atoms with van der Waals surface area (Å²) in [5.74, 6) is 0.560. The number of aromatic nitrogens is 3. The van der Waals surface area contributed by atoms with Gasteiger partial charge in [0.15, 0.2) is 5.82 Å². The number of carbonyl (C=O) groups is 1. The molecule has 3 N–H and O–H groups in total. The van der Waals surface area contributed by atoms with Gasteiger partial charge in [0.1, 0.15) is 6.04 Å². The summed E-state index contributed by atoms with van der Waals surface area (Å²) in [5.41, 5.74) is 10.1. The molecule has 1 aliphatic rings. The Morgan fingerprint density at radius 2 is 1.82 bits per heavy atom. The number of allylic oxidation sites excluding steroid dienone is 1. The molecule has 0 bridgehead atoms. The van der Waals surface area contributed by atoms with Crippen LogP contribution < -0.4 is 11.1 Å². The molecule has 1 amide bonds. The lowest BCUT2D eigenvalue weighted by Crippen LogP contribution is -2.31. The second-order valence-electron chi connectivity index (χ2n) is 6.73. The molecule has 0 saturated carbocycles. The summed E-state index contributed by atoms with van der Waals surface area (Å²) in [7, 11) is 0. The highest BCUT2D eigenvalue weighted by Crippen LogP contribution is 2.36. The smallest absolute Gasteiger partial charge is 0.248 e. The number of anilines is 1. The third-order valence-electron chi connectivity index (χ3n) is 4.78. The number of nitrogens with one attached hydrogen (secondary N) is 1. The van der Waals surface area contributed by atoms with Crippen LogP contribution in [-0.4, -0.2) is 20.7 Å². The minimum atomic E-state index is -0.530. The normalized spacial score (nSPS) is 15.5. The number of fused-ring (bicyclic) bond motifs is 1. The van der Waals surface area contributed by atoms with Crippen LogP contribution in [0.1, 0.15) is 29.7 Å². The lowest BCUT2D eigenvalue weighted by Gasteiger charge is -2.27. The predicted molar refractivity (Wildman–Crippen MR) is 105 cm³/mol. The molecule has 2 heterocycles. The van der Waals surface area contributed by atoms with Gasteiger partial charge in [-0.05, 0) is 31.5 Å². The maximum Gasteiger partial charge on any atom is 0.248 e. The van der Waals surface area contributed by atoms with Gasteiger partial charge in [0.05, 0.1) is 17.2 Å². The predicted octanol–water partition coefficient (Wildman–Crippen LogP) is 2.90. The van der Waals surface area contributed by atoms with Crippen molar-refractivity contribution in [1.29, 1.82) is 5.26 Å². The van der Waals surface area contributed by atoms with Crippen molar-refractivity contribution in [3.63, 3.8) is 0 Å². The van der Waals surface area contributed by atoms with E-state index in [-0.39, 0.29) is 0 Å². The van der Waals surface area contributed by atoms with Crippen LogP contribution in [0.25, 0.3) is 11.4 Å². The van der Waals surface area contributed by atoms with E-state index in [0.29, 0.717) is 28.6 Å². The maximum absolute atomic E-state index is 12.2. The number of nitrogens with two attached hydrogens (primary N) is 1. The highest BCUT2D eigenvalue weighted by atomic mass is 16.1. The number of nitriles is 1. The van der Waals surface area contributed by atoms with Crippen LogP contribution >= 0.6 is 0 Å². The van der Waals surface area contributed by atoms with Crippen LogP contribution in [0.15, 0.2) is 59.8 Å². The molecule has 0 aliphatic carbocycles. The van der Waals surface area contributed by atoms with Crippen LogP contribution in [0, 0.1) is 18.3 Å². The zero-order valence-corrected chi connectivity index (χ0v) is 15.5. The number of amides is 1. The molecule has 28 heavy (non-hydrogen) atoms. The Hall–Kier alpha value is -3.92. The molecule has 4 rings (SSSR count). The second kappa shape index (κ2) is 6.67. The van der Waals surface area contributed by atoms with Crippen molar-refractivity contribution in [2.24, 2.45) is 5.73 Å². The molecule has 2 aromatic carbocycles. The Morgan fingerprint density at radius 1 is 1.14 bits per heavy atom. The second-order valence-corrected chi connectivity index (χ2v) is 6.73. The number of hydrogen-bond acceptors (Lipinski definition) is 5. The van der Waals surface area contributed by atoms with Gasteiger partial charge in [-0.2, -0.15) is 10.2 Å². The molecule has 0 saturated heterocycles. The van der Waals surface area contributed by atoms with Crippen molar-refractivity contribution in [2.45, 2.75) is 19.9 Å². The molecule has 3 aromatic rings. The summed E-state index contributed by atoms with van der Waals surface area (Å²) in [6, 6.07) is 16.5. The van der Waals surface area contributed by atoms with Crippen molar-refractivity contribution in [1.82, 2.24) is 14.8 Å². The molecule has 1 aromatic heterocycles. The summed E-state index contributed by atoms with van der Waals surface area (Å²) >= 11 is 0. The number of aryl methyl sites for hydroxylation is 1. The van der Waals surface area contributed by atoms with Crippen LogP contribution in [0.5, 0.6) is 0 Å². The summed E-state index contributed by atoms with van der Waals surface area (Å²) in [6.07, 6.45) is 0. The zero-order chi connectivity index (χ0) is 19.8. The molecular formula is C21H18N6O. The van der Waals surface area contributed by atoms with Crippen molar-refractivity contribution in [3.05, 3.63) is 76.5 Å². The van der Waals surface area contributed by atoms with Crippen molar-refractivity contribution < 1.29 is 4.79 Å². The van der Waals surface area contributed by atoms with Crippen LogP contribution in [0.3, 0.4) is 0 Å². The van der Waals surface area contributed by atoms with E-state index < -0.39 is 11.9 Å². The first kappa shape index (κ1) is 17.5. The van der Waals surface area contributed by atoms with E-state index in [2.05, 4.69) is 21.5 Å². The standard InChI is InChI=1S/C21H18N6O/c1-12-3-7-16(8-4-12)20-25-21-24-13(2)17(19(23)28)18(27(21)26-20)15-9-5-14(11-22)6-10-15/h3-10,18H,1-2H3,(H2,23,28)(H,24,25,26). The summed E-state index contributed by atoms with van der Waals surface area (Å²) in [4.78, 5) is 16.8. The Kier molecular flexibility index (Phi) is 4.17. The average molecular weight is 370 g/mol. The summed E-state index contributed by atoms with van der Waals surface area (Å²) in [6.45, 7) is 3.81. The Bertz CT molecular complexity index is 1130. The van der Waals surface area contributed by atoms with Gasteiger partial charge in [0.2, 0.25) is 11.9 Å². The fourth-order valence-electron chi connectivity index (χ4n) is 3.34. The Balaban J connectivity index is 1.86. The molecule has 138 valence electrons. The molecule has 0 spiro atoms. The van der Waals surface area contributed by atoms with Crippen LogP contribution in [0.4, 0.5) is 5.95 Å². The quantitative estimate of drug-likeness (QED) is 0.737. The first-order valence-electron chi connectivity index (χ1n) is 8.79. The van der Waals surface area contributed by atoms with Gasteiger partial charge in [-0.3, -0.25) is 4.79 Å². The third kappa shape index (κ3) is 2.91. The van der Waals surface area contributed by atoms with Crippen LogP contribution in [-0.2, 0) is 4.79 Å². The van der Waals surface area contributed by atoms with E-state index in [1.54, 1.807) is 23.7 Å². The van der Waals surface area contributed by atoms with E-state index in [9.17, 15) is 4.79 Å². The van der Waals surface area contributed by atoms with Crippen LogP contribution in [0.2, 0.25) is 0 Å². The fourth-order valence-corrected chi connectivity index (χ4v) is 3.34. The Morgan fingerprint density at radius 3 is 2.43 bits per heavy atom. The highest BCUT2D eigenvalue weighted by molar-refractivity contribution is 5.95. The number of carbonyl (C=O) groups excluding carboxylic acids is 1. The largest absolute Gasteiger partial charge is 0.366 e. The lowest BCUT2D eigenvalue weighted by molar-refractivity contribution is -0.115. The monoisotopic (exact) mass is 370 g/mol. The number of benzene rings is 2. The van der Waals surface area contributed by atoms with E-state index in [1.807, 2.05) is 43.3 Å². The first-order valence-corrected chi connectivity index (χ1v) is 8.79. The van der Waals surface area contributed by atoms with Crippen molar-refractivity contribution in [3.8, 4) is 17.5 Å². The topological polar surface area (TPSA) is 110 Å². The van der Waals surface area contributed by atoms with E-state index in [4.69, 9.17) is 11.0 Å². The van der Waals surface area contributed by atoms with Gasteiger partial charge in [-0.25, -0.2) is 4.68 Å². The molecule has 0 radical (unpaired) electrons. The SMILES string of the molecule is CC1=C(C(N)=O)C(c2ccc(C#N)cc2)n2nc(-c3ccc(C)cc3)nc2N1.